The van der Waals surface area contributed by atoms with Crippen LogP contribution in [0.1, 0.15) is 49.7 Å². The van der Waals surface area contributed by atoms with Gasteiger partial charge in [0.1, 0.15) is 0 Å². The number of methoxy groups -OCH3 is 2. The van der Waals surface area contributed by atoms with Gasteiger partial charge in [0.05, 0.1) is 20.4 Å². The molecular formula is C21H29N5O2. The van der Waals surface area contributed by atoms with Crippen LogP contribution in [-0.2, 0) is 13.0 Å². The van der Waals surface area contributed by atoms with Crippen molar-refractivity contribution in [3.8, 4) is 11.5 Å². The van der Waals surface area contributed by atoms with E-state index in [0.29, 0.717) is 12.0 Å². The Labute approximate surface area is 166 Å². The number of benzene rings is 1. The summed E-state index contributed by atoms with van der Waals surface area (Å²) in [5, 5.41) is 12.1. The molecule has 1 aromatic carbocycles. The third kappa shape index (κ3) is 4.13. The summed E-state index contributed by atoms with van der Waals surface area (Å²) in [5.41, 5.74) is 2.50. The van der Waals surface area contributed by atoms with Crippen molar-refractivity contribution < 1.29 is 9.47 Å². The van der Waals surface area contributed by atoms with E-state index in [-0.39, 0.29) is 0 Å². The second-order valence-electron chi connectivity index (χ2n) is 7.62. The summed E-state index contributed by atoms with van der Waals surface area (Å²) in [7, 11) is 3.34. The largest absolute Gasteiger partial charge is 0.493 e. The van der Waals surface area contributed by atoms with E-state index in [1.165, 1.54) is 49.7 Å². The zero-order valence-electron chi connectivity index (χ0n) is 16.8. The van der Waals surface area contributed by atoms with Crippen molar-refractivity contribution in [1.82, 2.24) is 15.2 Å². The fourth-order valence-electron chi connectivity index (χ4n) is 4.18. The number of ether oxygens (including phenoxy) is 2. The van der Waals surface area contributed by atoms with Crippen LogP contribution in [0.15, 0.2) is 18.3 Å². The second-order valence-corrected chi connectivity index (χ2v) is 7.62. The van der Waals surface area contributed by atoms with Crippen LogP contribution in [0.5, 0.6) is 11.5 Å². The molecule has 150 valence electrons. The highest BCUT2D eigenvalue weighted by Crippen LogP contribution is 2.34. The lowest BCUT2D eigenvalue weighted by molar-refractivity contribution is 0.353. The van der Waals surface area contributed by atoms with Gasteiger partial charge in [-0.05, 0) is 42.5 Å². The Kier molecular flexibility index (Phi) is 5.78. The zero-order chi connectivity index (χ0) is 19.3. The zero-order valence-corrected chi connectivity index (χ0v) is 16.8. The van der Waals surface area contributed by atoms with E-state index < -0.39 is 0 Å². The smallest absolute Gasteiger partial charge is 0.247 e. The predicted molar refractivity (Wildman–Crippen MR) is 109 cm³/mol. The standard InChI is InChI=1S/C21H29N5O2/c1-27-18-11-15-9-10-26(14-16(15)12-19(18)28-2)21-24-20(13-22-25-21)23-17-7-5-3-4-6-8-17/h11-13,17H,3-10,14H2,1-2H3,(H,23,24,25). The first-order valence-corrected chi connectivity index (χ1v) is 10.2. The maximum Gasteiger partial charge on any atom is 0.247 e. The van der Waals surface area contributed by atoms with Crippen molar-refractivity contribution in [2.75, 3.05) is 31.0 Å². The summed E-state index contributed by atoms with van der Waals surface area (Å²) >= 11 is 0. The molecule has 0 bridgehead atoms. The first-order chi connectivity index (χ1) is 13.8. The third-order valence-corrected chi connectivity index (χ3v) is 5.76. The molecule has 0 atom stereocenters. The Bertz CT molecular complexity index is 805. The normalized spacial score (nSPS) is 17.6. The van der Waals surface area contributed by atoms with Gasteiger partial charge in [-0.2, -0.15) is 10.1 Å². The Hall–Kier alpha value is -2.57. The van der Waals surface area contributed by atoms with Crippen LogP contribution >= 0.6 is 0 Å². The van der Waals surface area contributed by atoms with Gasteiger partial charge in [0, 0.05) is 19.1 Å². The van der Waals surface area contributed by atoms with E-state index in [4.69, 9.17) is 14.5 Å². The van der Waals surface area contributed by atoms with Gasteiger partial charge in [0.15, 0.2) is 17.3 Å². The quantitative estimate of drug-likeness (QED) is 0.791. The average Bonchev–Trinajstić information content (AvgIpc) is 3.01. The summed E-state index contributed by atoms with van der Waals surface area (Å²) in [6, 6.07) is 4.63. The molecule has 2 aliphatic rings. The van der Waals surface area contributed by atoms with Crippen molar-refractivity contribution in [2.45, 2.75) is 57.5 Å². The van der Waals surface area contributed by atoms with Crippen LogP contribution in [0.4, 0.5) is 11.8 Å². The molecule has 0 unspecified atom stereocenters. The number of hydrogen-bond acceptors (Lipinski definition) is 7. The van der Waals surface area contributed by atoms with E-state index in [2.05, 4.69) is 32.5 Å². The minimum atomic E-state index is 0.492. The lowest BCUT2D eigenvalue weighted by atomic mass is 9.99. The molecule has 0 saturated heterocycles. The van der Waals surface area contributed by atoms with Crippen LogP contribution in [0.2, 0.25) is 0 Å². The van der Waals surface area contributed by atoms with E-state index in [1.54, 1.807) is 20.4 Å². The van der Waals surface area contributed by atoms with Crippen LogP contribution in [0.3, 0.4) is 0 Å². The van der Waals surface area contributed by atoms with Gasteiger partial charge >= 0.3 is 0 Å². The summed E-state index contributed by atoms with van der Waals surface area (Å²) in [6.07, 6.45) is 10.3. The first kappa shape index (κ1) is 18.8. The highest BCUT2D eigenvalue weighted by molar-refractivity contribution is 5.51. The topological polar surface area (TPSA) is 72.4 Å². The van der Waals surface area contributed by atoms with E-state index in [9.17, 15) is 0 Å². The van der Waals surface area contributed by atoms with Crippen LogP contribution in [0.25, 0.3) is 0 Å². The summed E-state index contributed by atoms with van der Waals surface area (Å²) in [6.45, 7) is 1.60. The van der Waals surface area contributed by atoms with Crippen molar-refractivity contribution in [3.05, 3.63) is 29.5 Å². The molecule has 2 aromatic rings. The molecule has 7 nitrogen and oxygen atoms in total. The highest BCUT2D eigenvalue weighted by Gasteiger charge is 2.22. The molecule has 7 heteroatoms. The number of anilines is 2. The van der Waals surface area contributed by atoms with Crippen LogP contribution < -0.4 is 19.7 Å². The molecule has 4 rings (SSSR count). The molecule has 1 aromatic heterocycles. The third-order valence-electron chi connectivity index (χ3n) is 5.76. The fraction of sp³-hybridized carbons (Fsp3) is 0.571. The van der Waals surface area contributed by atoms with E-state index >= 15 is 0 Å². The SMILES string of the molecule is COc1cc2c(cc1OC)CN(c1nncc(NC3CCCCCC3)n1)CC2. The van der Waals surface area contributed by atoms with Crippen molar-refractivity contribution >= 4 is 11.8 Å². The summed E-state index contributed by atoms with van der Waals surface area (Å²) < 4.78 is 10.9. The summed E-state index contributed by atoms with van der Waals surface area (Å²) in [4.78, 5) is 6.94. The number of aromatic nitrogens is 3. The van der Waals surface area contributed by atoms with Crippen LogP contribution in [-0.4, -0.2) is 42.0 Å². The molecule has 1 aliphatic heterocycles. The molecule has 1 N–H and O–H groups in total. The Morgan fingerprint density at radius 2 is 1.71 bits per heavy atom. The van der Waals surface area contributed by atoms with E-state index in [1.807, 2.05) is 0 Å². The van der Waals surface area contributed by atoms with E-state index in [0.717, 1.165) is 36.8 Å². The minimum absolute atomic E-state index is 0.492. The maximum absolute atomic E-state index is 5.46. The highest BCUT2D eigenvalue weighted by atomic mass is 16.5. The minimum Gasteiger partial charge on any atom is -0.493 e. The predicted octanol–water partition coefficient (Wildman–Crippen LogP) is 3.59. The van der Waals surface area contributed by atoms with Crippen molar-refractivity contribution in [3.63, 3.8) is 0 Å². The molecule has 0 radical (unpaired) electrons. The molecule has 28 heavy (non-hydrogen) atoms. The number of nitrogens with one attached hydrogen (secondary N) is 1. The number of hydrogen-bond donors (Lipinski definition) is 1. The number of nitrogens with zero attached hydrogens (tertiary/aromatic N) is 4. The van der Waals surface area contributed by atoms with Gasteiger partial charge < -0.3 is 19.7 Å². The first-order valence-electron chi connectivity index (χ1n) is 10.2. The Morgan fingerprint density at radius 1 is 1.00 bits per heavy atom. The number of rotatable bonds is 5. The molecule has 1 aliphatic carbocycles. The number of fused-ring (bicyclic) bond motifs is 1. The molecule has 1 saturated carbocycles. The molecular weight excluding hydrogens is 354 g/mol. The molecule has 2 heterocycles. The lowest BCUT2D eigenvalue weighted by Gasteiger charge is -2.29. The Morgan fingerprint density at radius 3 is 2.43 bits per heavy atom. The fourth-order valence-corrected chi connectivity index (χ4v) is 4.18. The average molecular weight is 383 g/mol. The monoisotopic (exact) mass is 383 g/mol. The van der Waals surface area contributed by atoms with Gasteiger partial charge in [0.25, 0.3) is 0 Å². The lowest BCUT2D eigenvalue weighted by Crippen LogP contribution is -2.32. The molecule has 0 amide bonds. The van der Waals surface area contributed by atoms with Crippen LogP contribution in [0, 0.1) is 0 Å². The summed E-state index contributed by atoms with van der Waals surface area (Å²) in [5.74, 6) is 3.04. The van der Waals surface area contributed by atoms with Gasteiger partial charge in [-0.15, -0.1) is 5.10 Å². The molecule has 1 fully saturated rings. The van der Waals surface area contributed by atoms with Gasteiger partial charge in [-0.25, -0.2) is 0 Å². The van der Waals surface area contributed by atoms with Gasteiger partial charge in [0.2, 0.25) is 5.95 Å². The van der Waals surface area contributed by atoms with Crippen molar-refractivity contribution in [2.24, 2.45) is 0 Å². The van der Waals surface area contributed by atoms with Crippen molar-refractivity contribution in [1.29, 1.82) is 0 Å². The second kappa shape index (κ2) is 8.63. The van der Waals surface area contributed by atoms with Gasteiger partial charge in [-0.3, -0.25) is 0 Å². The Balaban J connectivity index is 1.49. The molecule has 0 spiro atoms. The van der Waals surface area contributed by atoms with Gasteiger partial charge in [-0.1, -0.05) is 25.7 Å². The maximum atomic E-state index is 5.46.